The zero-order valence-electron chi connectivity index (χ0n) is 19.0. The van der Waals surface area contributed by atoms with Crippen LogP contribution < -0.4 is 15.5 Å². The molecule has 0 fully saturated rings. The van der Waals surface area contributed by atoms with Gasteiger partial charge >= 0.3 is 0 Å². The molecule has 8 nitrogen and oxygen atoms in total. The van der Waals surface area contributed by atoms with Gasteiger partial charge in [-0.25, -0.2) is 10.4 Å². The average Bonchev–Trinajstić information content (AvgIpc) is 3.59. The van der Waals surface area contributed by atoms with Crippen LogP contribution in [0.2, 0.25) is 0 Å². The number of thiophene rings is 1. The van der Waals surface area contributed by atoms with Gasteiger partial charge in [0.1, 0.15) is 6.61 Å². The first-order valence-corrected chi connectivity index (χ1v) is 12.0. The summed E-state index contributed by atoms with van der Waals surface area (Å²) in [6.07, 6.45) is 5.01. The lowest BCUT2D eigenvalue weighted by Gasteiger charge is -2.09. The van der Waals surface area contributed by atoms with E-state index in [0.29, 0.717) is 28.6 Å². The van der Waals surface area contributed by atoms with Crippen LogP contribution in [0.1, 0.15) is 31.2 Å². The molecule has 2 amide bonds. The minimum absolute atomic E-state index is 0.272. The Labute approximate surface area is 210 Å². The molecule has 5 aromatic rings. The molecular formula is C27H21N5O3S. The van der Waals surface area contributed by atoms with Gasteiger partial charge in [0.05, 0.1) is 34.1 Å². The molecule has 0 saturated heterocycles. The molecule has 0 radical (unpaired) electrons. The van der Waals surface area contributed by atoms with Gasteiger partial charge in [0.2, 0.25) is 5.88 Å². The third-order valence-electron chi connectivity index (χ3n) is 5.34. The van der Waals surface area contributed by atoms with Crippen molar-refractivity contribution in [3.63, 3.8) is 0 Å². The van der Waals surface area contributed by atoms with Crippen LogP contribution in [0.5, 0.6) is 5.88 Å². The van der Waals surface area contributed by atoms with Crippen molar-refractivity contribution in [2.75, 3.05) is 5.32 Å². The third kappa shape index (κ3) is 5.31. The second kappa shape index (κ2) is 10.7. The number of carbonyl (C=O) groups is 2. The first-order valence-electron chi connectivity index (χ1n) is 11.1. The quantitative estimate of drug-likeness (QED) is 0.203. The van der Waals surface area contributed by atoms with Crippen molar-refractivity contribution in [2.45, 2.75) is 6.61 Å². The largest absolute Gasteiger partial charge is 0.473 e. The number of nitrogens with zero attached hydrogens (tertiary/aromatic N) is 2. The summed E-state index contributed by atoms with van der Waals surface area (Å²) in [7, 11) is 0. The summed E-state index contributed by atoms with van der Waals surface area (Å²) in [5, 5.41) is 9.58. The van der Waals surface area contributed by atoms with Crippen LogP contribution in [-0.2, 0) is 6.61 Å². The highest BCUT2D eigenvalue weighted by Gasteiger charge is 2.14. The number of fused-ring (bicyclic) bond motifs is 1. The number of carbonyl (C=O) groups excluding carboxylic acids is 2. The first-order chi connectivity index (χ1) is 17.7. The van der Waals surface area contributed by atoms with E-state index in [1.54, 1.807) is 55.0 Å². The first kappa shape index (κ1) is 23.0. The van der Waals surface area contributed by atoms with Crippen molar-refractivity contribution < 1.29 is 14.3 Å². The lowest BCUT2D eigenvalue weighted by atomic mass is 10.1. The van der Waals surface area contributed by atoms with Crippen molar-refractivity contribution in [1.29, 1.82) is 0 Å². The molecule has 3 aromatic heterocycles. The van der Waals surface area contributed by atoms with Crippen LogP contribution in [0.15, 0.2) is 95.7 Å². The van der Waals surface area contributed by atoms with Gasteiger partial charge in [-0.2, -0.15) is 5.10 Å². The van der Waals surface area contributed by atoms with Crippen LogP contribution in [-0.4, -0.2) is 28.0 Å². The second-order valence-corrected chi connectivity index (χ2v) is 8.71. The molecular weight excluding hydrogens is 474 g/mol. The van der Waals surface area contributed by atoms with Crippen molar-refractivity contribution in [3.8, 4) is 5.88 Å². The number of pyridine rings is 1. The van der Waals surface area contributed by atoms with E-state index in [0.717, 1.165) is 22.0 Å². The van der Waals surface area contributed by atoms with E-state index in [-0.39, 0.29) is 5.91 Å². The summed E-state index contributed by atoms with van der Waals surface area (Å²) in [5.74, 6) is -0.229. The van der Waals surface area contributed by atoms with E-state index in [9.17, 15) is 9.59 Å². The number of nitrogens with one attached hydrogen (secondary N) is 3. The highest BCUT2D eigenvalue weighted by molar-refractivity contribution is 7.12. The molecule has 0 spiro atoms. The van der Waals surface area contributed by atoms with Crippen LogP contribution in [0.3, 0.4) is 0 Å². The minimum Gasteiger partial charge on any atom is -0.473 e. The molecule has 36 heavy (non-hydrogen) atoms. The Balaban J connectivity index is 1.26. The summed E-state index contributed by atoms with van der Waals surface area (Å²) in [6, 6.07) is 22.0. The van der Waals surface area contributed by atoms with E-state index in [1.165, 1.54) is 11.3 Å². The Hall–Kier alpha value is -4.76. The standard InChI is InChI=1S/C27H21N5O3S/c33-26(20-9-4-5-10-22(20)31-27(34)24-11-6-12-36-24)32-30-15-19-14-28-23-16-29-25(13-21(19)23)35-17-18-7-2-1-3-8-18/h1-16,28H,17H2,(H,31,34)(H,32,33)/b30-15+. The fraction of sp³-hybridized carbons (Fsp3) is 0.0370. The average molecular weight is 496 g/mol. The topological polar surface area (TPSA) is 108 Å². The maximum absolute atomic E-state index is 12.8. The Morgan fingerprint density at radius 3 is 2.69 bits per heavy atom. The number of aromatic nitrogens is 2. The van der Waals surface area contributed by atoms with E-state index in [1.807, 2.05) is 41.8 Å². The zero-order valence-corrected chi connectivity index (χ0v) is 19.8. The molecule has 9 heteroatoms. The maximum Gasteiger partial charge on any atom is 0.273 e. The molecule has 0 aliphatic carbocycles. The third-order valence-corrected chi connectivity index (χ3v) is 6.21. The molecule has 3 heterocycles. The molecule has 178 valence electrons. The highest BCUT2D eigenvalue weighted by atomic mass is 32.1. The van der Waals surface area contributed by atoms with E-state index in [4.69, 9.17) is 4.74 Å². The van der Waals surface area contributed by atoms with Gasteiger partial charge in [-0.05, 0) is 29.1 Å². The van der Waals surface area contributed by atoms with Crippen LogP contribution in [0, 0.1) is 0 Å². The summed E-state index contributed by atoms with van der Waals surface area (Å²) >= 11 is 1.33. The van der Waals surface area contributed by atoms with Crippen LogP contribution in [0.25, 0.3) is 10.9 Å². The monoisotopic (exact) mass is 495 g/mol. The number of para-hydroxylation sites is 1. The lowest BCUT2D eigenvalue weighted by Crippen LogP contribution is -2.21. The van der Waals surface area contributed by atoms with Gasteiger partial charge < -0.3 is 15.0 Å². The molecule has 0 saturated carbocycles. The highest BCUT2D eigenvalue weighted by Crippen LogP contribution is 2.21. The molecule has 0 aliphatic rings. The van der Waals surface area contributed by atoms with Gasteiger partial charge in [0, 0.05) is 23.2 Å². The molecule has 0 bridgehead atoms. The van der Waals surface area contributed by atoms with Crippen LogP contribution in [0.4, 0.5) is 5.69 Å². The Morgan fingerprint density at radius 2 is 1.86 bits per heavy atom. The van der Waals surface area contributed by atoms with Gasteiger partial charge in [0.15, 0.2) is 0 Å². The lowest BCUT2D eigenvalue weighted by molar-refractivity contribution is 0.0956. The number of amides is 2. The number of hydrogen-bond acceptors (Lipinski definition) is 6. The summed E-state index contributed by atoms with van der Waals surface area (Å²) in [5.41, 5.74) is 5.87. The van der Waals surface area contributed by atoms with Gasteiger partial charge in [-0.1, -0.05) is 48.5 Å². The normalized spacial score (nSPS) is 11.0. The fourth-order valence-electron chi connectivity index (χ4n) is 3.54. The summed E-state index contributed by atoms with van der Waals surface area (Å²) < 4.78 is 5.82. The number of benzene rings is 2. The SMILES string of the molecule is O=C(Nc1ccccc1C(=O)N/N=C/c1c[nH]c2cnc(OCc3ccccc3)cc12)c1cccs1. The maximum atomic E-state index is 12.8. The Morgan fingerprint density at radius 1 is 1.03 bits per heavy atom. The molecule has 0 aliphatic heterocycles. The van der Waals surface area contributed by atoms with Crippen molar-refractivity contribution in [2.24, 2.45) is 5.10 Å². The molecule has 0 unspecified atom stereocenters. The van der Waals surface area contributed by atoms with E-state index >= 15 is 0 Å². The smallest absolute Gasteiger partial charge is 0.273 e. The second-order valence-electron chi connectivity index (χ2n) is 7.76. The van der Waals surface area contributed by atoms with Gasteiger partial charge in [-0.3, -0.25) is 9.59 Å². The van der Waals surface area contributed by atoms with E-state index < -0.39 is 5.91 Å². The van der Waals surface area contributed by atoms with E-state index in [2.05, 4.69) is 25.8 Å². The molecule has 0 atom stereocenters. The number of rotatable bonds is 8. The Bertz CT molecular complexity index is 1530. The number of ether oxygens (including phenoxy) is 1. The van der Waals surface area contributed by atoms with Crippen molar-refractivity contribution in [1.82, 2.24) is 15.4 Å². The predicted molar refractivity (Wildman–Crippen MR) is 141 cm³/mol. The van der Waals surface area contributed by atoms with Crippen LogP contribution >= 0.6 is 11.3 Å². The number of hydrogen-bond donors (Lipinski definition) is 3. The number of anilines is 1. The summed E-state index contributed by atoms with van der Waals surface area (Å²) in [4.78, 5) is 33.2. The molecule has 5 rings (SSSR count). The Kier molecular flexibility index (Phi) is 6.81. The molecule has 3 N–H and O–H groups in total. The number of H-pyrrole nitrogens is 1. The predicted octanol–water partition coefficient (Wildman–Crippen LogP) is 5.22. The molecule has 2 aromatic carbocycles. The number of hydrazone groups is 1. The van der Waals surface area contributed by atoms with Gasteiger partial charge in [-0.15, -0.1) is 11.3 Å². The van der Waals surface area contributed by atoms with Gasteiger partial charge in [0.25, 0.3) is 11.8 Å². The fourth-order valence-corrected chi connectivity index (χ4v) is 4.16. The van der Waals surface area contributed by atoms with Crippen molar-refractivity contribution in [3.05, 3.63) is 112 Å². The van der Waals surface area contributed by atoms with Crippen molar-refractivity contribution >= 4 is 46.0 Å². The minimum atomic E-state index is -0.443. The summed E-state index contributed by atoms with van der Waals surface area (Å²) in [6.45, 7) is 0.408. The number of aromatic amines is 1. The zero-order chi connectivity index (χ0) is 24.7.